The molecule has 16 heavy (non-hydrogen) atoms. The van der Waals surface area contributed by atoms with Gasteiger partial charge < -0.3 is 9.64 Å². The second kappa shape index (κ2) is 5.00. The fourth-order valence-corrected chi connectivity index (χ4v) is 2.04. The van der Waals surface area contributed by atoms with Gasteiger partial charge >= 0.3 is 0 Å². The zero-order chi connectivity index (χ0) is 11.4. The lowest BCUT2D eigenvalue weighted by atomic mass is 10.1. The molecule has 1 aromatic carbocycles. The van der Waals surface area contributed by atoms with Crippen molar-refractivity contribution in [2.75, 3.05) is 20.1 Å². The van der Waals surface area contributed by atoms with Crippen LogP contribution in [0.5, 0.6) is 5.75 Å². The number of rotatable bonds is 4. The van der Waals surface area contributed by atoms with E-state index in [2.05, 4.69) is 17.0 Å². The average molecular weight is 216 g/mol. The molecule has 0 saturated carbocycles. The van der Waals surface area contributed by atoms with Crippen molar-refractivity contribution in [2.24, 2.45) is 0 Å². The van der Waals surface area contributed by atoms with Crippen LogP contribution in [0.1, 0.15) is 12.0 Å². The van der Waals surface area contributed by atoms with Gasteiger partial charge in [0.05, 0.1) is 6.07 Å². The molecule has 0 fully saturated rings. The highest BCUT2D eigenvalue weighted by molar-refractivity contribution is 5.37. The number of hydrogen-bond donors (Lipinski definition) is 0. The Bertz CT molecular complexity index is 372. The fourth-order valence-electron chi connectivity index (χ4n) is 2.04. The van der Waals surface area contributed by atoms with Crippen LogP contribution in [0.25, 0.3) is 0 Å². The van der Waals surface area contributed by atoms with E-state index in [4.69, 9.17) is 10.00 Å². The van der Waals surface area contributed by atoms with Gasteiger partial charge in [-0.2, -0.15) is 5.26 Å². The molecule has 0 N–H and O–H groups in total. The minimum atomic E-state index is 0.237. The van der Waals surface area contributed by atoms with Gasteiger partial charge in [0.1, 0.15) is 11.9 Å². The van der Waals surface area contributed by atoms with Gasteiger partial charge in [-0.25, -0.2) is 0 Å². The summed E-state index contributed by atoms with van der Waals surface area (Å²) in [6.07, 6.45) is 1.80. The van der Waals surface area contributed by atoms with Gasteiger partial charge in [0, 0.05) is 25.9 Å². The number of likely N-dealkylation sites (N-methyl/N-ethyl adjacent to an activating group) is 1. The summed E-state index contributed by atoms with van der Waals surface area (Å²) in [5.74, 6) is 1.01. The first-order valence-corrected chi connectivity index (χ1v) is 5.59. The van der Waals surface area contributed by atoms with Gasteiger partial charge in [0.2, 0.25) is 0 Å². The van der Waals surface area contributed by atoms with E-state index in [0.29, 0.717) is 6.42 Å². The van der Waals surface area contributed by atoms with Crippen molar-refractivity contribution in [3.8, 4) is 11.8 Å². The Labute approximate surface area is 96.2 Å². The van der Waals surface area contributed by atoms with Crippen LogP contribution in [0.4, 0.5) is 0 Å². The van der Waals surface area contributed by atoms with E-state index in [9.17, 15) is 0 Å². The highest BCUT2D eigenvalue weighted by Crippen LogP contribution is 2.28. The maximum atomic E-state index is 8.51. The Morgan fingerprint density at radius 2 is 2.31 bits per heavy atom. The number of nitrogens with zero attached hydrogens (tertiary/aromatic N) is 2. The summed E-state index contributed by atoms with van der Waals surface area (Å²) in [5.41, 5.74) is 1.29. The molecule has 1 aliphatic rings. The van der Waals surface area contributed by atoms with E-state index < -0.39 is 0 Å². The van der Waals surface area contributed by atoms with Crippen molar-refractivity contribution in [2.45, 2.75) is 18.9 Å². The molecule has 1 aliphatic heterocycles. The third kappa shape index (κ3) is 2.53. The van der Waals surface area contributed by atoms with E-state index in [-0.39, 0.29) is 6.10 Å². The van der Waals surface area contributed by atoms with Gasteiger partial charge in [-0.15, -0.1) is 0 Å². The second-order valence-electron chi connectivity index (χ2n) is 4.22. The van der Waals surface area contributed by atoms with Crippen molar-refractivity contribution < 1.29 is 4.74 Å². The van der Waals surface area contributed by atoms with Crippen LogP contribution in [0.3, 0.4) is 0 Å². The van der Waals surface area contributed by atoms with Crippen LogP contribution in [0.15, 0.2) is 24.3 Å². The van der Waals surface area contributed by atoms with Gasteiger partial charge in [-0.05, 0) is 18.7 Å². The monoisotopic (exact) mass is 216 g/mol. The molecule has 0 aromatic heterocycles. The van der Waals surface area contributed by atoms with Gasteiger partial charge in [0.25, 0.3) is 0 Å². The van der Waals surface area contributed by atoms with Gasteiger partial charge in [-0.3, -0.25) is 0 Å². The predicted molar refractivity (Wildman–Crippen MR) is 62.3 cm³/mol. The number of nitriles is 1. The average Bonchev–Trinajstić information content (AvgIpc) is 2.68. The van der Waals surface area contributed by atoms with Crippen LogP contribution >= 0.6 is 0 Å². The highest BCUT2D eigenvalue weighted by Gasteiger charge is 2.23. The Morgan fingerprint density at radius 3 is 3.06 bits per heavy atom. The van der Waals surface area contributed by atoms with E-state index in [1.165, 1.54) is 5.56 Å². The standard InChI is InChI=1S/C13H16N2O/c1-15(8-4-7-14)10-12-9-11-5-2-3-6-13(11)16-12/h2-3,5-6,12H,4,8-10H2,1H3/t12-/m1/s1. The first-order valence-electron chi connectivity index (χ1n) is 5.59. The molecule has 1 heterocycles. The normalized spacial score (nSPS) is 17.9. The largest absolute Gasteiger partial charge is 0.488 e. The first kappa shape index (κ1) is 11.0. The molecule has 0 bridgehead atoms. The van der Waals surface area contributed by atoms with Gasteiger partial charge in [0.15, 0.2) is 0 Å². The molecular formula is C13H16N2O. The molecule has 1 aromatic rings. The summed E-state index contributed by atoms with van der Waals surface area (Å²) in [5, 5.41) is 8.51. The molecule has 0 unspecified atom stereocenters. The number of hydrogen-bond acceptors (Lipinski definition) is 3. The maximum absolute atomic E-state index is 8.51. The third-order valence-corrected chi connectivity index (χ3v) is 2.83. The summed E-state index contributed by atoms with van der Waals surface area (Å²) < 4.78 is 5.83. The van der Waals surface area contributed by atoms with Crippen molar-refractivity contribution >= 4 is 0 Å². The molecule has 0 spiro atoms. The molecule has 3 nitrogen and oxygen atoms in total. The number of para-hydroxylation sites is 1. The lowest BCUT2D eigenvalue weighted by molar-refractivity contribution is 0.170. The smallest absolute Gasteiger partial charge is 0.123 e. The summed E-state index contributed by atoms with van der Waals surface area (Å²) >= 11 is 0. The SMILES string of the molecule is CN(CCC#N)C[C@H]1Cc2ccccc2O1. The number of fused-ring (bicyclic) bond motifs is 1. The van der Waals surface area contributed by atoms with Crippen LogP contribution in [0, 0.1) is 11.3 Å². The Morgan fingerprint density at radius 1 is 1.50 bits per heavy atom. The van der Waals surface area contributed by atoms with Crippen molar-refractivity contribution in [1.29, 1.82) is 5.26 Å². The Kier molecular flexibility index (Phi) is 3.43. The zero-order valence-electron chi connectivity index (χ0n) is 9.52. The number of ether oxygens (including phenoxy) is 1. The summed E-state index contributed by atoms with van der Waals surface area (Å²) in [6.45, 7) is 1.70. The van der Waals surface area contributed by atoms with E-state index >= 15 is 0 Å². The van der Waals surface area contributed by atoms with Crippen LogP contribution in [0.2, 0.25) is 0 Å². The first-order chi connectivity index (χ1) is 7.79. The number of benzene rings is 1. The highest BCUT2D eigenvalue weighted by atomic mass is 16.5. The molecule has 0 amide bonds. The zero-order valence-corrected chi connectivity index (χ0v) is 9.52. The Hall–Kier alpha value is -1.53. The van der Waals surface area contributed by atoms with Crippen molar-refractivity contribution in [1.82, 2.24) is 4.90 Å². The molecule has 0 aliphatic carbocycles. The lowest BCUT2D eigenvalue weighted by Crippen LogP contribution is -2.32. The van der Waals surface area contributed by atoms with Crippen molar-refractivity contribution in [3.05, 3.63) is 29.8 Å². The minimum absolute atomic E-state index is 0.237. The molecule has 84 valence electrons. The van der Waals surface area contributed by atoms with Crippen molar-refractivity contribution in [3.63, 3.8) is 0 Å². The lowest BCUT2D eigenvalue weighted by Gasteiger charge is -2.19. The van der Waals surface area contributed by atoms with Gasteiger partial charge in [-0.1, -0.05) is 18.2 Å². The molecule has 0 saturated heterocycles. The topological polar surface area (TPSA) is 36.3 Å². The third-order valence-electron chi connectivity index (χ3n) is 2.83. The predicted octanol–water partition coefficient (Wildman–Crippen LogP) is 1.84. The van der Waals surface area contributed by atoms with Crippen LogP contribution in [-0.4, -0.2) is 31.1 Å². The van der Waals surface area contributed by atoms with Crippen LogP contribution in [-0.2, 0) is 6.42 Å². The minimum Gasteiger partial charge on any atom is -0.488 e. The quantitative estimate of drug-likeness (QED) is 0.770. The van der Waals surface area contributed by atoms with E-state index in [1.54, 1.807) is 0 Å². The summed E-state index contributed by atoms with van der Waals surface area (Å²) in [6, 6.07) is 10.3. The molecule has 0 radical (unpaired) electrons. The van der Waals surface area contributed by atoms with E-state index in [1.807, 2.05) is 25.2 Å². The molecular weight excluding hydrogens is 200 g/mol. The molecule has 2 rings (SSSR count). The summed E-state index contributed by atoms with van der Waals surface area (Å²) in [7, 11) is 2.03. The Balaban J connectivity index is 1.85. The second-order valence-corrected chi connectivity index (χ2v) is 4.22. The maximum Gasteiger partial charge on any atom is 0.123 e. The fraction of sp³-hybridized carbons (Fsp3) is 0.462. The molecule has 3 heteroatoms. The molecule has 1 atom stereocenters. The summed E-state index contributed by atoms with van der Waals surface area (Å²) in [4.78, 5) is 2.15. The van der Waals surface area contributed by atoms with Crippen LogP contribution < -0.4 is 4.74 Å². The van der Waals surface area contributed by atoms with E-state index in [0.717, 1.165) is 25.3 Å².